The van der Waals surface area contributed by atoms with E-state index in [2.05, 4.69) is 0 Å². The van der Waals surface area contributed by atoms with Gasteiger partial charge in [-0.2, -0.15) is 0 Å². The molecule has 0 aromatic rings. The number of amides is 2. The maximum absolute atomic E-state index is 10.4. The second-order valence-electron chi connectivity index (χ2n) is 3.60. The lowest BCUT2D eigenvalue weighted by Gasteiger charge is -1.96. The van der Waals surface area contributed by atoms with Gasteiger partial charge in [-0.15, -0.1) is 0 Å². The molecule has 0 fully saturated rings. The summed E-state index contributed by atoms with van der Waals surface area (Å²) in [6.07, 6.45) is 12.5. The average molecular weight is 224 g/mol. The van der Waals surface area contributed by atoms with Gasteiger partial charge in [0.1, 0.15) is 0 Å². The van der Waals surface area contributed by atoms with Gasteiger partial charge < -0.3 is 11.5 Å². The highest BCUT2D eigenvalue weighted by Gasteiger charge is 1.89. The molecule has 0 aliphatic carbocycles. The zero-order chi connectivity index (χ0) is 12.2. The fraction of sp³-hybridized carbons (Fsp3) is 0.500. The second kappa shape index (κ2) is 9.96. The van der Waals surface area contributed by atoms with Crippen molar-refractivity contribution in [3.8, 4) is 0 Å². The van der Waals surface area contributed by atoms with Crippen LogP contribution in [0.15, 0.2) is 24.3 Å². The third-order valence-electron chi connectivity index (χ3n) is 2.06. The topological polar surface area (TPSA) is 86.2 Å². The number of nitrogens with two attached hydrogens (primary N) is 2. The molecule has 0 aromatic carbocycles. The largest absolute Gasteiger partial charge is 0.366 e. The van der Waals surface area contributed by atoms with Crippen LogP contribution in [0.3, 0.4) is 0 Å². The van der Waals surface area contributed by atoms with E-state index in [-0.39, 0.29) is 0 Å². The molecule has 16 heavy (non-hydrogen) atoms. The Morgan fingerprint density at radius 3 is 1.44 bits per heavy atom. The molecule has 4 nitrogen and oxygen atoms in total. The van der Waals surface area contributed by atoms with Gasteiger partial charge in [-0.1, -0.05) is 25.0 Å². The van der Waals surface area contributed by atoms with Crippen molar-refractivity contribution in [3.63, 3.8) is 0 Å². The first kappa shape index (κ1) is 14.4. The standard InChI is InChI=1S/C12H20N2O2/c13-11(15)9-7-5-3-1-2-4-6-8-10-12(14)16/h7-10H,1-6H2,(H2,13,15)(H2,14,16). The predicted molar refractivity (Wildman–Crippen MR) is 64.4 cm³/mol. The number of primary amides is 2. The van der Waals surface area contributed by atoms with E-state index in [1.165, 1.54) is 12.2 Å². The van der Waals surface area contributed by atoms with Crippen LogP contribution >= 0.6 is 0 Å². The molecule has 0 aliphatic heterocycles. The summed E-state index contributed by atoms with van der Waals surface area (Å²) in [6, 6.07) is 0. The molecule has 0 saturated heterocycles. The highest BCUT2D eigenvalue weighted by atomic mass is 16.1. The summed E-state index contributed by atoms with van der Waals surface area (Å²) in [5, 5.41) is 0. The third-order valence-corrected chi connectivity index (χ3v) is 2.06. The van der Waals surface area contributed by atoms with E-state index in [0.717, 1.165) is 38.5 Å². The van der Waals surface area contributed by atoms with Crippen LogP contribution in [0.1, 0.15) is 38.5 Å². The Kier molecular flexibility index (Phi) is 8.97. The highest BCUT2D eigenvalue weighted by molar-refractivity contribution is 5.85. The van der Waals surface area contributed by atoms with Gasteiger partial charge >= 0.3 is 0 Å². The molecule has 0 radical (unpaired) electrons. The molecule has 0 heterocycles. The Hall–Kier alpha value is -1.58. The fourth-order valence-corrected chi connectivity index (χ4v) is 1.28. The quantitative estimate of drug-likeness (QED) is 0.458. The van der Waals surface area contributed by atoms with Crippen molar-refractivity contribution in [2.75, 3.05) is 0 Å². The molecule has 90 valence electrons. The van der Waals surface area contributed by atoms with Crippen LogP contribution in [-0.4, -0.2) is 11.8 Å². The zero-order valence-electron chi connectivity index (χ0n) is 9.52. The number of hydrogen-bond acceptors (Lipinski definition) is 2. The Bertz CT molecular complexity index is 242. The van der Waals surface area contributed by atoms with E-state index in [1.54, 1.807) is 12.2 Å². The van der Waals surface area contributed by atoms with E-state index < -0.39 is 11.8 Å². The first-order valence-corrected chi connectivity index (χ1v) is 5.55. The van der Waals surface area contributed by atoms with Crippen molar-refractivity contribution in [2.45, 2.75) is 38.5 Å². The van der Waals surface area contributed by atoms with E-state index >= 15 is 0 Å². The molecule has 0 saturated carbocycles. The number of carbonyl (C=O) groups is 2. The van der Waals surface area contributed by atoms with Gasteiger partial charge in [0.15, 0.2) is 0 Å². The lowest BCUT2D eigenvalue weighted by molar-refractivity contribution is -0.114. The number of rotatable bonds is 9. The van der Waals surface area contributed by atoms with Crippen LogP contribution in [-0.2, 0) is 9.59 Å². The maximum atomic E-state index is 10.4. The molecule has 0 spiro atoms. The summed E-state index contributed by atoms with van der Waals surface area (Å²) >= 11 is 0. The molecule has 0 rings (SSSR count). The summed E-state index contributed by atoms with van der Waals surface area (Å²) in [5.74, 6) is -0.784. The molecule has 0 aromatic heterocycles. The van der Waals surface area contributed by atoms with Gasteiger partial charge in [0.05, 0.1) is 0 Å². The minimum Gasteiger partial charge on any atom is -0.366 e. The minimum absolute atomic E-state index is 0.392. The van der Waals surface area contributed by atoms with Gasteiger partial charge in [0.25, 0.3) is 0 Å². The Balaban J connectivity index is 3.22. The van der Waals surface area contributed by atoms with Gasteiger partial charge in [0.2, 0.25) is 11.8 Å². The SMILES string of the molecule is NC(=O)C=CCCCCCCC=CC(N)=O. The molecule has 0 bridgehead atoms. The van der Waals surface area contributed by atoms with E-state index in [0.29, 0.717) is 0 Å². The van der Waals surface area contributed by atoms with Crippen molar-refractivity contribution in [1.29, 1.82) is 0 Å². The molecule has 4 heteroatoms. The average Bonchev–Trinajstić information content (AvgIpc) is 2.20. The van der Waals surface area contributed by atoms with Gasteiger partial charge in [0, 0.05) is 0 Å². The maximum Gasteiger partial charge on any atom is 0.241 e. The summed E-state index contributed by atoms with van der Waals surface area (Å²) in [7, 11) is 0. The van der Waals surface area contributed by atoms with Crippen LogP contribution < -0.4 is 11.5 Å². The lowest BCUT2D eigenvalue weighted by atomic mass is 10.1. The van der Waals surface area contributed by atoms with Crippen molar-refractivity contribution in [2.24, 2.45) is 11.5 Å². The summed E-state index contributed by atoms with van der Waals surface area (Å²) < 4.78 is 0. The zero-order valence-corrected chi connectivity index (χ0v) is 9.52. The van der Waals surface area contributed by atoms with E-state index in [9.17, 15) is 9.59 Å². The Morgan fingerprint density at radius 2 is 1.12 bits per heavy atom. The van der Waals surface area contributed by atoms with Gasteiger partial charge in [-0.3, -0.25) is 9.59 Å². The third kappa shape index (κ3) is 12.4. The number of allylic oxidation sites excluding steroid dienone is 2. The minimum atomic E-state index is -0.392. The summed E-state index contributed by atoms with van der Waals surface area (Å²) in [4.78, 5) is 20.7. The monoisotopic (exact) mass is 224 g/mol. The van der Waals surface area contributed by atoms with E-state index in [1.807, 2.05) is 0 Å². The van der Waals surface area contributed by atoms with Crippen LogP contribution in [0.2, 0.25) is 0 Å². The molecule has 2 amide bonds. The Labute approximate surface area is 96.4 Å². The first-order chi connectivity index (χ1) is 7.63. The summed E-state index contributed by atoms with van der Waals surface area (Å²) in [6.45, 7) is 0. The summed E-state index contributed by atoms with van der Waals surface area (Å²) in [5.41, 5.74) is 9.88. The highest BCUT2D eigenvalue weighted by Crippen LogP contribution is 2.06. The van der Waals surface area contributed by atoms with Crippen molar-refractivity contribution < 1.29 is 9.59 Å². The number of unbranched alkanes of at least 4 members (excludes halogenated alkanes) is 5. The van der Waals surface area contributed by atoms with Crippen LogP contribution in [0.4, 0.5) is 0 Å². The number of hydrogen-bond donors (Lipinski definition) is 2. The molecule has 0 atom stereocenters. The normalized spacial score (nSPS) is 11.2. The predicted octanol–water partition coefficient (Wildman–Crippen LogP) is 1.41. The van der Waals surface area contributed by atoms with E-state index in [4.69, 9.17) is 11.5 Å². The van der Waals surface area contributed by atoms with Crippen LogP contribution in [0.25, 0.3) is 0 Å². The lowest BCUT2D eigenvalue weighted by Crippen LogP contribution is -2.05. The second-order valence-corrected chi connectivity index (χ2v) is 3.60. The molecular formula is C12H20N2O2. The first-order valence-electron chi connectivity index (χ1n) is 5.55. The van der Waals surface area contributed by atoms with Crippen molar-refractivity contribution >= 4 is 11.8 Å². The van der Waals surface area contributed by atoms with Gasteiger partial charge in [-0.25, -0.2) is 0 Å². The molecular weight excluding hydrogens is 204 g/mol. The molecule has 0 aliphatic rings. The van der Waals surface area contributed by atoms with Crippen molar-refractivity contribution in [1.82, 2.24) is 0 Å². The van der Waals surface area contributed by atoms with Crippen molar-refractivity contribution in [3.05, 3.63) is 24.3 Å². The van der Waals surface area contributed by atoms with Crippen LogP contribution in [0, 0.1) is 0 Å². The molecule has 0 unspecified atom stereocenters. The van der Waals surface area contributed by atoms with Crippen LogP contribution in [0.5, 0.6) is 0 Å². The Morgan fingerprint density at radius 1 is 0.750 bits per heavy atom. The molecule has 4 N–H and O–H groups in total. The number of carbonyl (C=O) groups excluding carboxylic acids is 2. The smallest absolute Gasteiger partial charge is 0.241 e. The van der Waals surface area contributed by atoms with Gasteiger partial charge in [-0.05, 0) is 37.8 Å². The fourth-order valence-electron chi connectivity index (χ4n) is 1.28.